The molecule has 8 nitrogen and oxygen atoms in total. The van der Waals surface area contributed by atoms with Gasteiger partial charge in [0.15, 0.2) is 16.7 Å². The lowest BCUT2D eigenvalue weighted by Crippen LogP contribution is -2.51. The van der Waals surface area contributed by atoms with Crippen LogP contribution in [0.25, 0.3) is 21.5 Å². The summed E-state index contributed by atoms with van der Waals surface area (Å²) in [5.41, 5.74) is -2.34. The first kappa shape index (κ1) is 30.7. The van der Waals surface area contributed by atoms with Gasteiger partial charge in [-0.1, -0.05) is 28.6 Å². The van der Waals surface area contributed by atoms with E-state index in [2.05, 4.69) is 14.9 Å². The third-order valence-corrected chi connectivity index (χ3v) is 9.68. The van der Waals surface area contributed by atoms with E-state index in [9.17, 15) is 36.2 Å². The zero-order valence-electron chi connectivity index (χ0n) is 23.6. The van der Waals surface area contributed by atoms with Crippen LogP contribution in [0.2, 0.25) is 0 Å². The number of aromatic nitrogens is 2. The maximum Gasteiger partial charge on any atom is 0.573 e. The first-order valence-electron chi connectivity index (χ1n) is 14.3. The number of ether oxygens (including phenoxy) is 2. The maximum atomic E-state index is 16.3. The number of carboxylic acids is 1. The topological polar surface area (TPSA) is 97.9 Å². The fourth-order valence-corrected chi connectivity index (χ4v) is 7.75. The molecule has 3 aliphatic rings. The standard InChI is InChI=1S/C30H24F7N3O5S/c31-20-7-14(26(41)42)8-22-24(20)38-27(46-22)40-15-5-6-16(40)10-28(32,9-15)13-43-12-18-23(39-45-25(18)19-11-29(19,33)34)17-3-1-2-4-21(17)44-30(35,36)37/h1-4,7-8,15-16,19H,5-6,9-13H2,(H,41,42). The molecule has 7 rings (SSSR count). The van der Waals surface area contributed by atoms with Gasteiger partial charge in [0.25, 0.3) is 5.92 Å². The SMILES string of the molecule is O=C(O)c1cc(F)c2nc(N3C4CCC3CC(F)(COCc3c(-c5ccccc5OC(F)(F)F)noc3C3CC3(F)F)C4)sc2c1. The number of carboxylic acid groups (broad SMARTS) is 1. The summed E-state index contributed by atoms with van der Waals surface area (Å²) in [4.78, 5) is 17.7. The highest BCUT2D eigenvalue weighted by atomic mass is 32.1. The Morgan fingerprint density at radius 3 is 2.46 bits per heavy atom. The van der Waals surface area contributed by atoms with Gasteiger partial charge in [0.1, 0.15) is 22.6 Å². The number of alkyl halides is 6. The van der Waals surface area contributed by atoms with E-state index < -0.39 is 61.0 Å². The number of hydrogen-bond donors (Lipinski definition) is 1. The molecule has 1 aliphatic carbocycles. The number of carbonyl (C=O) groups is 1. The van der Waals surface area contributed by atoms with Crippen molar-refractivity contribution in [1.29, 1.82) is 0 Å². The van der Waals surface area contributed by atoms with Crippen molar-refractivity contribution in [3.8, 4) is 17.0 Å². The number of para-hydroxylation sites is 1. The molecule has 4 heterocycles. The summed E-state index contributed by atoms with van der Waals surface area (Å²) in [5, 5.41) is 13.5. The minimum Gasteiger partial charge on any atom is -0.478 e. The zero-order valence-corrected chi connectivity index (χ0v) is 24.4. The molecule has 3 atom stereocenters. The van der Waals surface area contributed by atoms with Gasteiger partial charge in [0.05, 0.1) is 29.4 Å². The van der Waals surface area contributed by atoms with E-state index in [1.165, 1.54) is 24.3 Å². The van der Waals surface area contributed by atoms with Crippen LogP contribution >= 0.6 is 11.3 Å². The Morgan fingerprint density at radius 1 is 1.11 bits per heavy atom. The molecule has 2 aromatic carbocycles. The molecule has 1 saturated carbocycles. The van der Waals surface area contributed by atoms with Gasteiger partial charge in [-0.05, 0) is 37.1 Å². The summed E-state index contributed by atoms with van der Waals surface area (Å²) in [5.74, 6) is -7.31. The number of aromatic carboxylic acids is 1. The van der Waals surface area contributed by atoms with Crippen molar-refractivity contribution in [3.05, 3.63) is 59.1 Å². The zero-order chi connectivity index (χ0) is 32.6. The highest BCUT2D eigenvalue weighted by Crippen LogP contribution is 2.57. The molecule has 2 saturated heterocycles. The smallest absolute Gasteiger partial charge is 0.478 e. The van der Waals surface area contributed by atoms with Crippen molar-refractivity contribution < 1.29 is 54.6 Å². The number of anilines is 1. The van der Waals surface area contributed by atoms with E-state index in [4.69, 9.17) is 9.26 Å². The van der Waals surface area contributed by atoms with Crippen LogP contribution in [0.5, 0.6) is 5.75 Å². The van der Waals surface area contributed by atoms with Gasteiger partial charge in [-0.2, -0.15) is 0 Å². The monoisotopic (exact) mass is 671 g/mol. The van der Waals surface area contributed by atoms with E-state index in [0.717, 1.165) is 23.5 Å². The van der Waals surface area contributed by atoms with Gasteiger partial charge < -0.3 is 24.0 Å². The maximum absolute atomic E-state index is 16.3. The molecule has 16 heteroatoms. The van der Waals surface area contributed by atoms with E-state index in [1.54, 1.807) is 0 Å². The van der Waals surface area contributed by atoms with Crippen LogP contribution in [0.1, 0.15) is 59.7 Å². The van der Waals surface area contributed by atoms with E-state index in [1.807, 2.05) is 4.90 Å². The van der Waals surface area contributed by atoms with Crippen LogP contribution in [0.15, 0.2) is 40.9 Å². The molecular formula is C30H24F7N3O5S. The summed E-state index contributed by atoms with van der Waals surface area (Å²) in [6.45, 7) is -0.884. The number of rotatable bonds is 9. The van der Waals surface area contributed by atoms with Crippen LogP contribution in [-0.4, -0.2) is 57.9 Å². The number of hydrogen-bond acceptors (Lipinski definition) is 8. The van der Waals surface area contributed by atoms with Crippen LogP contribution in [0.3, 0.4) is 0 Å². The summed E-state index contributed by atoms with van der Waals surface area (Å²) < 4.78 is 114. The second-order valence-electron chi connectivity index (χ2n) is 11.9. The number of thiazole rings is 1. The first-order chi connectivity index (χ1) is 21.7. The van der Waals surface area contributed by atoms with Gasteiger partial charge in [-0.15, -0.1) is 13.2 Å². The molecule has 0 amide bonds. The normalized spacial score (nSPS) is 25.3. The number of nitrogens with zero attached hydrogens (tertiary/aromatic N) is 3. The van der Waals surface area contributed by atoms with Crippen LogP contribution in [0.4, 0.5) is 35.9 Å². The number of piperidine rings is 1. The molecule has 244 valence electrons. The Kier molecular flexibility index (Phi) is 7.23. The van der Waals surface area contributed by atoms with Crippen molar-refractivity contribution in [2.24, 2.45) is 0 Å². The third-order valence-electron chi connectivity index (χ3n) is 8.66. The lowest BCUT2D eigenvalue weighted by Gasteiger charge is -2.42. The molecule has 2 bridgehead atoms. The molecular weight excluding hydrogens is 647 g/mol. The Morgan fingerprint density at radius 2 is 1.80 bits per heavy atom. The predicted molar refractivity (Wildman–Crippen MR) is 149 cm³/mol. The minimum absolute atomic E-state index is 0.0124. The number of halogens is 7. The molecule has 0 radical (unpaired) electrons. The van der Waals surface area contributed by atoms with Gasteiger partial charge in [0.2, 0.25) is 0 Å². The largest absolute Gasteiger partial charge is 0.573 e. The molecule has 2 aromatic heterocycles. The van der Waals surface area contributed by atoms with Crippen LogP contribution in [-0.2, 0) is 11.3 Å². The lowest BCUT2D eigenvalue weighted by atomic mass is 9.88. The fraction of sp³-hybridized carbons (Fsp3) is 0.433. The average molecular weight is 672 g/mol. The van der Waals surface area contributed by atoms with E-state index in [-0.39, 0.29) is 58.6 Å². The number of benzene rings is 2. The first-order valence-corrected chi connectivity index (χ1v) is 15.1. The molecule has 1 N–H and O–H groups in total. The lowest BCUT2D eigenvalue weighted by molar-refractivity contribution is -0.274. The Labute approximate surface area is 259 Å². The predicted octanol–water partition coefficient (Wildman–Crippen LogP) is 7.87. The van der Waals surface area contributed by atoms with Crippen LogP contribution < -0.4 is 9.64 Å². The van der Waals surface area contributed by atoms with E-state index in [0.29, 0.717) is 22.7 Å². The molecule has 3 fully saturated rings. The Bertz CT molecular complexity index is 1810. The second-order valence-corrected chi connectivity index (χ2v) is 12.9. The number of fused-ring (bicyclic) bond motifs is 3. The molecule has 2 aliphatic heterocycles. The van der Waals surface area contributed by atoms with Crippen molar-refractivity contribution in [1.82, 2.24) is 10.1 Å². The van der Waals surface area contributed by atoms with Crippen molar-refractivity contribution in [3.63, 3.8) is 0 Å². The second kappa shape index (κ2) is 10.8. The molecule has 3 unspecified atom stereocenters. The summed E-state index contributed by atoms with van der Waals surface area (Å²) in [7, 11) is 0. The van der Waals surface area contributed by atoms with Gasteiger partial charge in [0, 0.05) is 42.5 Å². The Balaban J connectivity index is 1.09. The third kappa shape index (κ3) is 5.65. The van der Waals surface area contributed by atoms with Crippen molar-refractivity contribution >= 4 is 32.7 Å². The minimum atomic E-state index is -5.03. The summed E-state index contributed by atoms with van der Waals surface area (Å²) >= 11 is 1.13. The molecule has 4 aromatic rings. The quantitative estimate of drug-likeness (QED) is 0.180. The van der Waals surface area contributed by atoms with Crippen molar-refractivity contribution in [2.75, 3.05) is 11.5 Å². The van der Waals surface area contributed by atoms with Gasteiger partial charge >= 0.3 is 12.3 Å². The highest BCUT2D eigenvalue weighted by molar-refractivity contribution is 7.22. The fourth-order valence-electron chi connectivity index (χ4n) is 6.59. The van der Waals surface area contributed by atoms with Gasteiger partial charge in [-0.3, -0.25) is 0 Å². The Hall–Kier alpha value is -3.92. The summed E-state index contributed by atoms with van der Waals surface area (Å²) in [6.07, 6.45) is -4.26. The molecule has 0 spiro atoms. The highest BCUT2D eigenvalue weighted by Gasteiger charge is 2.61. The van der Waals surface area contributed by atoms with Crippen molar-refractivity contribution in [2.45, 2.75) is 74.7 Å². The molecule has 46 heavy (non-hydrogen) atoms. The van der Waals surface area contributed by atoms with E-state index >= 15 is 4.39 Å². The van der Waals surface area contributed by atoms with Gasteiger partial charge in [-0.25, -0.2) is 27.3 Å². The average Bonchev–Trinajstić information content (AvgIpc) is 3.30. The summed E-state index contributed by atoms with van der Waals surface area (Å²) in [6, 6.07) is 6.69. The van der Waals surface area contributed by atoms with Crippen LogP contribution in [0, 0.1) is 5.82 Å².